The molecule has 1 atom stereocenters. The topological polar surface area (TPSA) is 46.3 Å². The second-order valence-electron chi connectivity index (χ2n) is 4.31. The normalized spacial score (nSPS) is 19.2. The lowest BCUT2D eigenvalue weighted by Gasteiger charge is -2.32. The van der Waals surface area contributed by atoms with Crippen LogP contribution in [-0.4, -0.2) is 23.9 Å². The van der Waals surface area contributed by atoms with Gasteiger partial charge in [-0.2, -0.15) is 0 Å². The molecule has 1 aromatic rings. The van der Waals surface area contributed by atoms with Gasteiger partial charge in [0, 0.05) is 0 Å². The van der Waals surface area contributed by atoms with Gasteiger partial charge in [0.1, 0.15) is 6.04 Å². The third-order valence-corrected chi connectivity index (χ3v) is 3.14. The second-order valence-corrected chi connectivity index (χ2v) is 4.31. The van der Waals surface area contributed by atoms with Crippen molar-refractivity contribution in [2.75, 3.05) is 13.1 Å². The molecule has 2 N–H and O–H groups in total. The van der Waals surface area contributed by atoms with E-state index in [4.69, 9.17) is 5.73 Å². The summed E-state index contributed by atoms with van der Waals surface area (Å²) in [5.74, 6) is -0.242. The van der Waals surface area contributed by atoms with E-state index < -0.39 is 0 Å². The summed E-state index contributed by atoms with van der Waals surface area (Å²) < 4.78 is 0. The van der Waals surface area contributed by atoms with Gasteiger partial charge in [-0.1, -0.05) is 36.8 Å². The van der Waals surface area contributed by atoms with Gasteiger partial charge in [-0.25, -0.2) is 0 Å². The minimum Gasteiger partial charge on any atom is -0.368 e. The highest BCUT2D eigenvalue weighted by Crippen LogP contribution is 2.23. The van der Waals surface area contributed by atoms with Crippen LogP contribution in [0, 0.1) is 0 Å². The van der Waals surface area contributed by atoms with Crippen LogP contribution in [0.4, 0.5) is 0 Å². The fraction of sp³-hybridized carbons (Fsp3) is 0.462. The molecule has 86 valence electrons. The molecule has 3 nitrogen and oxygen atoms in total. The first-order valence-corrected chi connectivity index (χ1v) is 5.87. The summed E-state index contributed by atoms with van der Waals surface area (Å²) in [4.78, 5) is 13.8. The summed E-state index contributed by atoms with van der Waals surface area (Å²) in [7, 11) is 0. The van der Waals surface area contributed by atoms with Crippen LogP contribution in [-0.2, 0) is 4.79 Å². The molecule has 0 aliphatic carbocycles. The van der Waals surface area contributed by atoms with Crippen LogP contribution in [0.25, 0.3) is 0 Å². The average molecular weight is 218 g/mol. The molecule has 16 heavy (non-hydrogen) atoms. The zero-order chi connectivity index (χ0) is 11.4. The lowest BCUT2D eigenvalue weighted by Crippen LogP contribution is -2.40. The Bertz CT molecular complexity index is 344. The van der Waals surface area contributed by atoms with Crippen molar-refractivity contribution < 1.29 is 4.79 Å². The lowest BCUT2D eigenvalue weighted by molar-refractivity contribution is -0.123. The lowest BCUT2D eigenvalue weighted by atomic mass is 10.0. The van der Waals surface area contributed by atoms with E-state index in [-0.39, 0.29) is 11.9 Å². The van der Waals surface area contributed by atoms with Crippen LogP contribution < -0.4 is 5.73 Å². The van der Waals surface area contributed by atoms with Crippen LogP contribution >= 0.6 is 0 Å². The number of rotatable bonds is 3. The molecule has 0 unspecified atom stereocenters. The van der Waals surface area contributed by atoms with E-state index in [1.807, 2.05) is 30.3 Å². The molecule has 0 saturated carbocycles. The van der Waals surface area contributed by atoms with Crippen molar-refractivity contribution in [3.8, 4) is 0 Å². The van der Waals surface area contributed by atoms with Crippen molar-refractivity contribution in [1.29, 1.82) is 0 Å². The summed E-state index contributed by atoms with van der Waals surface area (Å²) in [6.45, 7) is 1.95. The molecule has 0 aromatic heterocycles. The Balaban J connectivity index is 2.20. The molecule has 1 aliphatic rings. The molecule has 1 amide bonds. The number of hydrogen-bond acceptors (Lipinski definition) is 2. The molecule has 1 saturated heterocycles. The highest BCUT2D eigenvalue weighted by molar-refractivity contribution is 5.81. The summed E-state index contributed by atoms with van der Waals surface area (Å²) >= 11 is 0. The van der Waals surface area contributed by atoms with Crippen LogP contribution in [0.3, 0.4) is 0 Å². The van der Waals surface area contributed by atoms with E-state index in [2.05, 4.69) is 4.90 Å². The zero-order valence-electron chi connectivity index (χ0n) is 9.43. The van der Waals surface area contributed by atoms with Gasteiger partial charge in [0.15, 0.2) is 0 Å². The van der Waals surface area contributed by atoms with E-state index >= 15 is 0 Å². The largest absolute Gasteiger partial charge is 0.368 e. The van der Waals surface area contributed by atoms with Gasteiger partial charge in [-0.15, -0.1) is 0 Å². The highest BCUT2D eigenvalue weighted by atomic mass is 16.1. The molecule has 1 heterocycles. The molecule has 3 heteroatoms. The third kappa shape index (κ3) is 2.42. The van der Waals surface area contributed by atoms with Gasteiger partial charge in [0.25, 0.3) is 0 Å². The molecular weight excluding hydrogens is 200 g/mol. The molecule has 0 spiro atoms. The summed E-state index contributed by atoms with van der Waals surface area (Å²) in [5.41, 5.74) is 6.53. The number of carbonyl (C=O) groups is 1. The molecule has 1 fully saturated rings. The van der Waals surface area contributed by atoms with Crippen molar-refractivity contribution in [1.82, 2.24) is 4.90 Å². The van der Waals surface area contributed by atoms with Crippen molar-refractivity contribution in [2.24, 2.45) is 5.73 Å². The smallest absolute Gasteiger partial charge is 0.239 e. The standard InChI is InChI=1S/C13H18N2O/c14-13(16)12(11-7-3-1-4-8-11)15-9-5-2-6-10-15/h1,3-4,7-8,12H,2,5-6,9-10H2,(H2,14,16)/t12-/m0/s1. The number of primary amides is 1. The van der Waals surface area contributed by atoms with Crippen LogP contribution in [0.5, 0.6) is 0 Å². The zero-order valence-corrected chi connectivity index (χ0v) is 9.43. The quantitative estimate of drug-likeness (QED) is 0.839. The van der Waals surface area contributed by atoms with Crippen molar-refractivity contribution in [2.45, 2.75) is 25.3 Å². The molecule has 0 bridgehead atoms. The predicted octanol–water partition coefficient (Wildman–Crippen LogP) is 1.70. The van der Waals surface area contributed by atoms with Crippen molar-refractivity contribution in [3.63, 3.8) is 0 Å². The van der Waals surface area contributed by atoms with E-state index in [0.29, 0.717) is 0 Å². The van der Waals surface area contributed by atoms with E-state index in [1.54, 1.807) is 0 Å². The van der Waals surface area contributed by atoms with Crippen LogP contribution in [0.15, 0.2) is 30.3 Å². The van der Waals surface area contributed by atoms with E-state index in [9.17, 15) is 4.79 Å². The number of likely N-dealkylation sites (tertiary alicyclic amines) is 1. The monoisotopic (exact) mass is 218 g/mol. The van der Waals surface area contributed by atoms with Gasteiger partial charge in [0.2, 0.25) is 5.91 Å². The molecular formula is C13H18N2O. The van der Waals surface area contributed by atoms with Crippen LogP contribution in [0.2, 0.25) is 0 Å². The number of benzene rings is 1. The van der Waals surface area contributed by atoms with Gasteiger partial charge >= 0.3 is 0 Å². The average Bonchev–Trinajstić information content (AvgIpc) is 2.31. The van der Waals surface area contributed by atoms with E-state index in [0.717, 1.165) is 31.5 Å². The maximum Gasteiger partial charge on any atom is 0.239 e. The van der Waals surface area contributed by atoms with Gasteiger partial charge in [-0.3, -0.25) is 9.69 Å². The number of nitrogens with two attached hydrogens (primary N) is 1. The molecule has 1 aliphatic heterocycles. The Kier molecular flexibility index (Phi) is 3.57. The molecule has 1 aromatic carbocycles. The SMILES string of the molecule is NC(=O)[C@H](c1ccccc1)N1CCCCC1. The number of piperidine rings is 1. The van der Waals surface area contributed by atoms with Crippen LogP contribution in [0.1, 0.15) is 30.9 Å². The number of nitrogens with zero attached hydrogens (tertiary/aromatic N) is 1. The first-order valence-electron chi connectivity index (χ1n) is 5.87. The summed E-state index contributed by atoms with van der Waals surface area (Å²) in [6.07, 6.45) is 3.59. The fourth-order valence-electron chi connectivity index (χ4n) is 2.37. The first kappa shape index (κ1) is 11.1. The summed E-state index contributed by atoms with van der Waals surface area (Å²) in [5, 5.41) is 0. The Hall–Kier alpha value is -1.35. The van der Waals surface area contributed by atoms with Gasteiger partial charge < -0.3 is 5.73 Å². The fourth-order valence-corrected chi connectivity index (χ4v) is 2.37. The molecule has 2 rings (SSSR count). The van der Waals surface area contributed by atoms with Crippen molar-refractivity contribution >= 4 is 5.91 Å². The maximum atomic E-state index is 11.6. The van der Waals surface area contributed by atoms with E-state index in [1.165, 1.54) is 6.42 Å². The second kappa shape index (κ2) is 5.12. The maximum absolute atomic E-state index is 11.6. The Morgan fingerprint density at radius 3 is 2.31 bits per heavy atom. The number of carbonyl (C=O) groups excluding carboxylic acids is 1. The Morgan fingerprint density at radius 2 is 1.75 bits per heavy atom. The van der Waals surface area contributed by atoms with Gasteiger partial charge in [-0.05, 0) is 31.5 Å². The highest BCUT2D eigenvalue weighted by Gasteiger charge is 2.26. The van der Waals surface area contributed by atoms with Crippen molar-refractivity contribution in [3.05, 3.63) is 35.9 Å². The molecule has 0 radical (unpaired) electrons. The van der Waals surface area contributed by atoms with Gasteiger partial charge in [0.05, 0.1) is 0 Å². The predicted molar refractivity (Wildman–Crippen MR) is 63.8 cm³/mol. The Labute approximate surface area is 96.2 Å². The Morgan fingerprint density at radius 1 is 1.12 bits per heavy atom. The first-order chi connectivity index (χ1) is 7.79. The minimum absolute atomic E-state index is 0.242. The number of hydrogen-bond donors (Lipinski definition) is 1. The summed E-state index contributed by atoms with van der Waals surface area (Å²) in [6, 6.07) is 9.57. The third-order valence-electron chi connectivity index (χ3n) is 3.14. The minimum atomic E-state index is -0.249. The number of amides is 1.